The maximum absolute atomic E-state index is 12.6. The minimum atomic E-state index is -0.251. The average molecular weight is 314 g/mol. The second kappa shape index (κ2) is 6.55. The zero-order valence-corrected chi connectivity index (χ0v) is 12.6. The van der Waals surface area contributed by atoms with Crippen LogP contribution in [0, 0.1) is 5.92 Å². The number of hydrogen-bond acceptors (Lipinski definition) is 5. The number of carbonyl (C=O) groups excluding carboxylic acids is 2. The Morgan fingerprint density at radius 2 is 1.91 bits per heavy atom. The van der Waals surface area contributed by atoms with E-state index in [0.717, 1.165) is 25.7 Å². The standard InChI is InChI=1S/C15H18N6O2/c16-14(22)10-5-7-11(8-6-10)18-15(23)12-3-1-2-4-13(12)21-9-17-19-20-21/h1-4,9-11H,5-8H2,(H2,16,22)(H,18,23). The highest BCUT2D eigenvalue weighted by atomic mass is 16.2. The van der Waals surface area contributed by atoms with E-state index in [1.165, 1.54) is 11.0 Å². The number of primary amides is 1. The van der Waals surface area contributed by atoms with Gasteiger partial charge in [-0.2, -0.15) is 4.68 Å². The first-order valence-electron chi connectivity index (χ1n) is 7.57. The number of tetrazole rings is 1. The molecular weight excluding hydrogens is 296 g/mol. The largest absolute Gasteiger partial charge is 0.369 e. The van der Waals surface area contributed by atoms with E-state index in [4.69, 9.17) is 5.73 Å². The number of amides is 2. The van der Waals surface area contributed by atoms with E-state index in [1.54, 1.807) is 18.2 Å². The van der Waals surface area contributed by atoms with Crippen molar-refractivity contribution < 1.29 is 9.59 Å². The molecule has 0 spiro atoms. The van der Waals surface area contributed by atoms with E-state index >= 15 is 0 Å². The van der Waals surface area contributed by atoms with Crippen molar-refractivity contribution in [2.45, 2.75) is 31.7 Å². The van der Waals surface area contributed by atoms with E-state index in [1.807, 2.05) is 6.07 Å². The smallest absolute Gasteiger partial charge is 0.253 e. The number of carbonyl (C=O) groups is 2. The Morgan fingerprint density at radius 3 is 2.57 bits per heavy atom. The minimum Gasteiger partial charge on any atom is -0.369 e. The molecule has 120 valence electrons. The molecule has 3 N–H and O–H groups in total. The Kier molecular flexibility index (Phi) is 4.31. The van der Waals surface area contributed by atoms with Gasteiger partial charge in [-0.1, -0.05) is 12.1 Å². The van der Waals surface area contributed by atoms with E-state index < -0.39 is 0 Å². The van der Waals surface area contributed by atoms with Crippen LogP contribution in [0.15, 0.2) is 30.6 Å². The van der Waals surface area contributed by atoms with Crippen LogP contribution in [0.1, 0.15) is 36.0 Å². The highest BCUT2D eigenvalue weighted by molar-refractivity contribution is 5.97. The van der Waals surface area contributed by atoms with Gasteiger partial charge in [-0.3, -0.25) is 9.59 Å². The summed E-state index contributed by atoms with van der Waals surface area (Å²) >= 11 is 0. The first kappa shape index (κ1) is 15.1. The molecule has 8 nitrogen and oxygen atoms in total. The van der Waals surface area contributed by atoms with Gasteiger partial charge in [0, 0.05) is 12.0 Å². The fourth-order valence-corrected chi connectivity index (χ4v) is 2.92. The van der Waals surface area contributed by atoms with E-state index in [-0.39, 0.29) is 23.8 Å². The first-order chi connectivity index (χ1) is 11.1. The molecule has 0 aliphatic heterocycles. The third-order valence-corrected chi connectivity index (χ3v) is 4.21. The third-order valence-electron chi connectivity index (χ3n) is 4.21. The highest BCUT2D eigenvalue weighted by Crippen LogP contribution is 2.24. The van der Waals surface area contributed by atoms with Gasteiger partial charge >= 0.3 is 0 Å². The van der Waals surface area contributed by atoms with Crippen molar-refractivity contribution in [2.75, 3.05) is 0 Å². The monoisotopic (exact) mass is 314 g/mol. The summed E-state index contributed by atoms with van der Waals surface area (Å²) in [6.45, 7) is 0. The van der Waals surface area contributed by atoms with Crippen LogP contribution >= 0.6 is 0 Å². The van der Waals surface area contributed by atoms with Crippen LogP contribution in [0.4, 0.5) is 0 Å². The molecule has 1 saturated carbocycles. The molecule has 0 saturated heterocycles. The number of nitrogens with zero attached hydrogens (tertiary/aromatic N) is 4. The molecular formula is C15H18N6O2. The zero-order chi connectivity index (χ0) is 16.2. The molecule has 1 aliphatic rings. The van der Waals surface area contributed by atoms with Gasteiger partial charge in [0.15, 0.2) is 0 Å². The Morgan fingerprint density at radius 1 is 1.17 bits per heavy atom. The van der Waals surface area contributed by atoms with E-state index in [2.05, 4.69) is 20.8 Å². The fourth-order valence-electron chi connectivity index (χ4n) is 2.92. The molecule has 1 aliphatic carbocycles. The molecule has 0 atom stereocenters. The van der Waals surface area contributed by atoms with Crippen molar-refractivity contribution in [3.63, 3.8) is 0 Å². The van der Waals surface area contributed by atoms with Gasteiger partial charge in [0.2, 0.25) is 5.91 Å². The highest BCUT2D eigenvalue weighted by Gasteiger charge is 2.26. The van der Waals surface area contributed by atoms with Crippen molar-refractivity contribution in [3.05, 3.63) is 36.2 Å². The molecule has 0 bridgehead atoms. The van der Waals surface area contributed by atoms with Crippen LogP contribution in [0.25, 0.3) is 5.69 Å². The Labute approximate surface area is 133 Å². The Bertz CT molecular complexity index is 692. The molecule has 2 aromatic rings. The SMILES string of the molecule is NC(=O)C1CCC(NC(=O)c2ccccc2-n2cnnn2)CC1. The van der Waals surface area contributed by atoms with Gasteiger partial charge < -0.3 is 11.1 Å². The number of benzene rings is 1. The molecule has 0 radical (unpaired) electrons. The van der Waals surface area contributed by atoms with Crippen LogP contribution in [0.5, 0.6) is 0 Å². The van der Waals surface area contributed by atoms with Crippen molar-refractivity contribution in [1.29, 1.82) is 0 Å². The van der Waals surface area contributed by atoms with Crippen LogP contribution in [0.3, 0.4) is 0 Å². The third kappa shape index (κ3) is 3.36. The summed E-state index contributed by atoms with van der Waals surface area (Å²) < 4.78 is 1.46. The lowest BCUT2D eigenvalue weighted by Gasteiger charge is -2.27. The second-order valence-electron chi connectivity index (χ2n) is 5.70. The molecule has 1 aromatic carbocycles. The molecule has 8 heteroatoms. The molecule has 2 amide bonds. The molecule has 1 heterocycles. The normalized spacial score (nSPS) is 20.9. The number of nitrogens with two attached hydrogens (primary N) is 1. The van der Waals surface area contributed by atoms with Gasteiger partial charge in [0.25, 0.3) is 5.91 Å². The van der Waals surface area contributed by atoms with E-state index in [9.17, 15) is 9.59 Å². The summed E-state index contributed by atoms with van der Waals surface area (Å²) in [6, 6.07) is 7.20. The number of hydrogen-bond donors (Lipinski definition) is 2. The predicted molar refractivity (Wildman–Crippen MR) is 81.6 cm³/mol. The number of rotatable bonds is 4. The van der Waals surface area contributed by atoms with Gasteiger partial charge in [-0.25, -0.2) is 0 Å². The minimum absolute atomic E-state index is 0.0556. The molecule has 0 unspecified atom stereocenters. The van der Waals surface area contributed by atoms with Crippen LogP contribution in [0.2, 0.25) is 0 Å². The van der Waals surface area contributed by atoms with Crippen LogP contribution < -0.4 is 11.1 Å². The molecule has 3 rings (SSSR count). The Hall–Kier alpha value is -2.77. The van der Waals surface area contributed by atoms with Gasteiger partial charge in [0.05, 0.1) is 11.3 Å². The molecule has 23 heavy (non-hydrogen) atoms. The van der Waals surface area contributed by atoms with Crippen molar-refractivity contribution in [3.8, 4) is 5.69 Å². The summed E-state index contributed by atoms with van der Waals surface area (Å²) in [4.78, 5) is 23.8. The molecule has 1 aromatic heterocycles. The van der Waals surface area contributed by atoms with Crippen LogP contribution in [-0.2, 0) is 4.79 Å². The van der Waals surface area contributed by atoms with Gasteiger partial charge in [0.1, 0.15) is 6.33 Å². The topological polar surface area (TPSA) is 116 Å². The molecule has 1 fully saturated rings. The first-order valence-corrected chi connectivity index (χ1v) is 7.57. The summed E-state index contributed by atoms with van der Waals surface area (Å²) in [5.41, 5.74) is 6.47. The number of aromatic nitrogens is 4. The summed E-state index contributed by atoms with van der Waals surface area (Å²) in [7, 11) is 0. The Balaban J connectivity index is 1.69. The lowest BCUT2D eigenvalue weighted by Crippen LogP contribution is -2.40. The van der Waals surface area contributed by atoms with E-state index in [0.29, 0.717) is 11.3 Å². The predicted octanol–water partition coefficient (Wildman–Crippen LogP) is 0.436. The van der Waals surface area contributed by atoms with Crippen LogP contribution in [-0.4, -0.2) is 38.1 Å². The lowest BCUT2D eigenvalue weighted by molar-refractivity contribution is -0.122. The summed E-state index contributed by atoms with van der Waals surface area (Å²) in [5, 5.41) is 14.0. The van der Waals surface area contributed by atoms with Crippen molar-refractivity contribution in [1.82, 2.24) is 25.5 Å². The zero-order valence-electron chi connectivity index (χ0n) is 12.6. The lowest BCUT2D eigenvalue weighted by atomic mass is 9.85. The maximum Gasteiger partial charge on any atom is 0.253 e. The second-order valence-corrected chi connectivity index (χ2v) is 5.70. The summed E-state index contributed by atoms with van der Waals surface area (Å²) in [6.07, 6.45) is 4.40. The fraction of sp³-hybridized carbons (Fsp3) is 0.400. The van der Waals surface area contributed by atoms with Crippen molar-refractivity contribution >= 4 is 11.8 Å². The maximum atomic E-state index is 12.6. The van der Waals surface area contributed by atoms with Gasteiger partial charge in [-0.05, 0) is 48.2 Å². The van der Waals surface area contributed by atoms with Gasteiger partial charge in [-0.15, -0.1) is 5.10 Å². The summed E-state index contributed by atoms with van der Waals surface area (Å²) in [5.74, 6) is -0.492. The number of para-hydroxylation sites is 1. The number of nitrogens with one attached hydrogen (secondary N) is 1. The quantitative estimate of drug-likeness (QED) is 0.849. The average Bonchev–Trinajstić information content (AvgIpc) is 3.09. The van der Waals surface area contributed by atoms with Crippen molar-refractivity contribution in [2.24, 2.45) is 11.7 Å².